The number of pyridine rings is 1. The van der Waals surface area contributed by atoms with E-state index in [4.69, 9.17) is 4.52 Å². The molecule has 0 amide bonds. The maximum Gasteiger partial charge on any atom is 0.264 e. The van der Waals surface area contributed by atoms with Crippen LogP contribution in [0.5, 0.6) is 0 Å². The van der Waals surface area contributed by atoms with E-state index >= 15 is 0 Å². The van der Waals surface area contributed by atoms with Crippen molar-refractivity contribution in [2.24, 2.45) is 0 Å². The van der Waals surface area contributed by atoms with E-state index in [1.54, 1.807) is 30.5 Å². The van der Waals surface area contributed by atoms with Crippen molar-refractivity contribution in [2.75, 3.05) is 25.6 Å². The summed E-state index contributed by atoms with van der Waals surface area (Å²) in [5.41, 5.74) is 1.49. The lowest BCUT2D eigenvalue weighted by Gasteiger charge is -2.25. The first kappa shape index (κ1) is 18.7. The summed E-state index contributed by atoms with van der Waals surface area (Å²) in [6.07, 6.45) is 4.86. The molecule has 0 unspecified atom stereocenters. The summed E-state index contributed by atoms with van der Waals surface area (Å²) < 4.78 is 19.3. The molecule has 0 aliphatic rings. The van der Waals surface area contributed by atoms with Gasteiger partial charge in [0.05, 0.1) is 6.61 Å². The van der Waals surface area contributed by atoms with E-state index in [0.29, 0.717) is 17.5 Å². The van der Waals surface area contributed by atoms with Crippen LogP contribution in [0.15, 0.2) is 48.8 Å². The second kappa shape index (κ2) is 8.43. The summed E-state index contributed by atoms with van der Waals surface area (Å²) in [5, 5.41) is 11.2. The molecule has 0 radical (unpaired) electrons. The maximum atomic E-state index is 13.6. The molecule has 1 aromatic carbocycles. The van der Waals surface area contributed by atoms with Gasteiger partial charge in [0.25, 0.3) is 7.37 Å². The Hall–Kier alpha value is -1.68. The fourth-order valence-corrected chi connectivity index (χ4v) is 4.40. The van der Waals surface area contributed by atoms with Gasteiger partial charge in [-0.3, -0.25) is 9.55 Å². The number of aliphatic hydroxyl groups excluding tert-OH is 1. The van der Waals surface area contributed by atoms with Crippen LogP contribution in [0.4, 0.5) is 5.69 Å². The van der Waals surface area contributed by atoms with Crippen LogP contribution < -0.4 is 10.2 Å². The molecule has 2 atom stereocenters. The molecule has 0 fully saturated rings. The molecular weight excluding hydrogens is 323 g/mol. The van der Waals surface area contributed by atoms with Gasteiger partial charge in [0.15, 0.2) is 5.85 Å². The van der Waals surface area contributed by atoms with E-state index in [0.717, 1.165) is 18.5 Å². The van der Waals surface area contributed by atoms with Crippen molar-refractivity contribution in [1.82, 2.24) is 4.98 Å². The smallest absolute Gasteiger partial charge is 0.264 e. The zero-order valence-electron chi connectivity index (χ0n) is 14.4. The van der Waals surface area contributed by atoms with Crippen molar-refractivity contribution in [2.45, 2.75) is 25.6 Å². The average molecular weight is 348 g/mol. The molecule has 24 heavy (non-hydrogen) atoms. The highest BCUT2D eigenvalue weighted by atomic mass is 31.2. The predicted octanol–water partition coefficient (Wildman–Crippen LogP) is 3.56. The van der Waals surface area contributed by atoms with Gasteiger partial charge in [-0.1, -0.05) is 19.4 Å². The van der Waals surface area contributed by atoms with Crippen LogP contribution in [0.25, 0.3) is 0 Å². The zero-order chi connectivity index (χ0) is 17.6. The third-order valence-electron chi connectivity index (χ3n) is 3.81. The van der Waals surface area contributed by atoms with Gasteiger partial charge in [0.2, 0.25) is 0 Å². The first-order chi connectivity index (χ1) is 11.5. The monoisotopic (exact) mass is 348 g/mol. The van der Waals surface area contributed by atoms with Crippen molar-refractivity contribution in [1.29, 1.82) is 0 Å². The Labute approximate surface area is 143 Å². The largest absolute Gasteiger partial charge is 0.378 e. The predicted molar refractivity (Wildman–Crippen MR) is 98.1 cm³/mol. The van der Waals surface area contributed by atoms with Gasteiger partial charge in [0, 0.05) is 43.0 Å². The van der Waals surface area contributed by atoms with E-state index < -0.39 is 13.2 Å². The Kier molecular flexibility index (Phi) is 6.55. The second-order valence-electron chi connectivity index (χ2n) is 5.85. The van der Waals surface area contributed by atoms with Gasteiger partial charge in [-0.05, 0) is 36.8 Å². The minimum atomic E-state index is -3.47. The number of nitrogens with zero attached hydrogens (tertiary/aromatic N) is 2. The molecule has 0 saturated carbocycles. The molecule has 130 valence electrons. The molecule has 0 aliphatic heterocycles. The van der Waals surface area contributed by atoms with Crippen LogP contribution in [-0.4, -0.2) is 30.8 Å². The number of anilines is 1. The number of unbranched alkanes of at least 4 members (excludes halogenated alkanes) is 1. The number of hydrogen-bond donors (Lipinski definition) is 1. The second-order valence-corrected chi connectivity index (χ2v) is 8.31. The van der Waals surface area contributed by atoms with Crippen LogP contribution in [0.2, 0.25) is 0 Å². The van der Waals surface area contributed by atoms with Crippen LogP contribution in [0.1, 0.15) is 31.2 Å². The number of aromatic nitrogens is 1. The Morgan fingerprint density at radius 2 is 1.96 bits per heavy atom. The standard InChI is InChI=1S/C18H25N2O3P/c1-4-5-13-23-24(22,18(21)15-7-6-12-19-14-15)17-10-8-16(9-11-17)20(2)3/h6-12,14,18,21H,4-5,13H2,1-3H3/t18-,24+/m0/s1. The first-order valence-electron chi connectivity index (χ1n) is 8.09. The molecule has 2 aromatic rings. The summed E-state index contributed by atoms with van der Waals surface area (Å²) in [6, 6.07) is 10.7. The molecule has 1 N–H and O–H groups in total. The Balaban J connectivity index is 2.37. The highest BCUT2D eigenvalue weighted by Crippen LogP contribution is 2.57. The van der Waals surface area contributed by atoms with Gasteiger partial charge in [-0.15, -0.1) is 0 Å². The maximum absolute atomic E-state index is 13.6. The minimum absolute atomic E-state index is 0.348. The normalized spacial score (nSPS) is 14.8. The van der Waals surface area contributed by atoms with Crippen molar-refractivity contribution in [3.8, 4) is 0 Å². The molecule has 0 bridgehead atoms. The van der Waals surface area contributed by atoms with Crippen LogP contribution in [0.3, 0.4) is 0 Å². The first-order valence-corrected chi connectivity index (χ1v) is 9.78. The summed E-state index contributed by atoms with van der Waals surface area (Å²) in [6.45, 7) is 2.39. The Morgan fingerprint density at radius 3 is 2.50 bits per heavy atom. The SMILES string of the molecule is CCCCO[P@](=O)(c1ccc(N(C)C)cc1)[C@H](O)c1cccnc1. The van der Waals surface area contributed by atoms with E-state index in [-0.39, 0.29) is 0 Å². The van der Waals surface area contributed by atoms with Crippen molar-refractivity contribution < 1.29 is 14.2 Å². The fourth-order valence-electron chi connectivity index (χ4n) is 2.31. The van der Waals surface area contributed by atoms with E-state index in [1.165, 1.54) is 6.20 Å². The van der Waals surface area contributed by atoms with Crippen molar-refractivity contribution in [3.63, 3.8) is 0 Å². The molecular formula is C18H25N2O3P. The third-order valence-corrected chi connectivity index (χ3v) is 6.34. The molecule has 6 heteroatoms. The van der Waals surface area contributed by atoms with Crippen molar-refractivity contribution >= 4 is 18.4 Å². The van der Waals surface area contributed by atoms with Gasteiger partial charge in [-0.2, -0.15) is 0 Å². The number of rotatable bonds is 8. The molecule has 0 spiro atoms. The highest BCUT2D eigenvalue weighted by Gasteiger charge is 2.36. The van der Waals surface area contributed by atoms with Gasteiger partial charge in [-0.25, -0.2) is 0 Å². The quantitative estimate of drug-likeness (QED) is 0.584. The molecule has 1 aromatic heterocycles. The number of hydrogen-bond acceptors (Lipinski definition) is 5. The fraction of sp³-hybridized carbons (Fsp3) is 0.389. The van der Waals surface area contributed by atoms with Crippen LogP contribution >= 0.6 is 7.37 Å². The minimum Gasteiger partial charge on any atom is -0.378 e. The van der Waals surface area contributed by atoms with Gasteiger partial charge in [0.1, 0.15) is 0 Å². The zero-order valence-corrected chi connectivity index (χ0v) is 15.3. The number of benzene rings is 1. The third kappa shape index (κ3) is 4.23. The topological polar surface area (TPSA) is 62.7 Å². The number of aliphatic hydroxyl groups is 1. The molecule has 0 aliphatic carbocycles. The van der Waals surface area contributed by atoms with E-state index in [9.17, 15) is 9.67 Å². The molecule has 2 rings (SSSR count). The lowest BCUT2D eigenvalue weighted by atomic mass is 10.3. The molecule has 0 saturated heterocycles. The summed E-state index contributed by atoms with van der Waals surface area (Å²) in [4.78, 5) is 5.97. The molecule has 5 nitrogen and oxygen atoms in total. The van der Waals surface area contributed by atoms with Crippen LogP contribution in [-0.2, 0) is 9.09 Å². The summed E-state index contributed by atoms with van der Waals surface area (Å²) in [7, 11) is 0.415. The van der Waals surface area contributed by atoms with E-state index in [1.807, 2.05) is 38.1 Å². The Bertz CT molecular complexity index is 674. The van der Waals surface area contributed by atoms with Crippen LogP contribution in [0, 0.1) is 0 Å². The molecule has 1 heterocycles. The average Bonchev–Trinajstić information content (AvgIpc) is 2.62. The van der Waals surface area contributed by atoms with Gasteiger partial charge < -0.3 is 14.5 Å². The Morgan fingerprint density at radius 1 is 1.25 bits per heavy atom. The lowest BCUT2D eigenvalue weighted by molar-refractivity contribution is 0.212. The van der Waals surface area contributed by atoms with E-state index in [2.05, 4.69) is 4.98 Å². The summed E-state index contributed by atoms with van der Waals surface area (Å²) in [5.74, 6) is -1.23. The van der Waals surface area contributed by atoms with Crippen molar-refractivity contribution in [3.05, 3.63) is 54.4 Å². The summed E-state index contributed by atoms with van der Waals surface area (Å²) >= 11 is 0. The lowest BCUT2D eigenvalue weighted by Crippen LogP contribution is -2.16. The highest BCUT2D eigenvalue weighted by molar-refractivity contribution is 7.67. The van der Waals surface area contributed by atoms with Gasteiger partial charge >= 0.3 is 0 Å².